The highest BCUT2D eigenvalue weighted by Gasteiger charge is 2.11. The summed E-state index contributed by atoms with van der Waals surface area (Å²) in [5.74, 6) is 0.764. The summed E-state index contributed by atoms with van der Waals surface area (Å²) in [6.07, 6.45) is 6.94. The van der Waals surface area contributed by atoms with Gasteiger partial charge in [0.1, 0.15) is 12.1 Å². The first-order valence-electron chi connectivity index (χ1n) is 9.36. The molecule has 2 aromatic heterocycles. The summed E-state index contributed by atoms with van der Waals surface area (Å²) in [7, 11) is 0. The monoisotopic (exact) mass is 357 g/mol. The van der Waals surface area contributed by atoms with E-state index in [2.05, 4.69) is 70.6 Å². The van der Waals surface area contributed by atoms with Gasteiger partial charge in [0.15, 0.2) is 5.65 Å². The molecule has 0 fully saturated rings. The van der Waals surface area contributed by atoms with Crippen molar-refractivity contribution in [2.24, 2.45) is 0 Å². The highest BCUT2D eigenvalue weighted by atomic mass is 15.3. The van der Waals surface area contributed by atoms with Crippen LogP contribution >= 0.6 is 0 Å². The average molecular weight is 357 g/mol. The maximum Gasteiger partial charge on any atom is 0.168 e. The Hall–Kier alpha value is -3.21. The minimum absolute atomic E-state index is 0.764. The molecule has 0 saturated heterocycles. The first kappa shape index (κ1) is 17.2. The molecule has 0 aliphatic rings. The van der Waals surface area contributed by atoms with E-state index < -0.39 is 0 Å². The molecule has 136 valence electrons. The molecule has 0 radical (unpaired) electrons. The van der Waals surface area contributed by atoms with Crippen molar-refractivity contribution in [1.29, 1.82) is 0 Å². The maximum absolute atomic E-state index is 4.52. The first-order chi connectivity index (χ1) is 13.2. The van der Waals surface area contributed by atoms with Gasteiger partial charge in [0.25, 0.3) is 0 Å². The number of nitrogens with zero attached hydrogens (tertiary/aromatic N) is 4. The number of rotatable bonds is 6. The molecule has 0 saturated carbocycles. The van der Waals surface area contributed by atoms with Gasteiger partial charge >= 0.3 is 0 Å². The van der Waals surface area contributed by atoms with Crippen LogP contribution in [-0.2, 0) is 6.42 Å². The number of fused-ring (bicyclic) bond motifs is 1. The summed E-state index contributed by atoms with van der Waals surface area (Å²) < 4.78 is 1.84. The molecule has 0 atom stereocenters. The average Bonchev–Trinajstić information content (AvgIpc) is 3.13. The molecule has 27 heavy (non-hydrogen) atoms. The van der Waals surface area contributed by atoms with Crippen molar-refractivity contribution in [2.75, 3.05) is 5.32 Å². The van der Waals surface area contributed by atoms with Gasteiger partial charge in [0.2, 0.25) is 0 Å². The third-order valence-corrected chi connectivity index (χ3v) is 4.68. The van der Waals surface area contributed by atoms with Crippen LogP contribution in [0.2, 0.25) is 0 Å². The van der Waals surface area contributed by atoms with E-state index in [0.29, 0.717) is 0 Å². The van der Waals surface area contributed by atoms with Crippen LogP contribution in [0.5, 0.6) is 0 Å². The number of unbranched alkanes of at least 4 members (excludes halogenated alkanes) is 1. The summed E-state index contributed by atoms with van der Waals surface area (Å²) in [6.45, 7) is 4.29. The SMILES string of the molecule is CCCCc1ccc(Nc2ncnc3c2cnn3-c2ccc(C)cc2)cc1. The molecule has 4 rings (SSSR count). The fraction of sp³-hybridized carbons (Fsp3) is 0.227. The van der Waals surface area contributed by atoms with E-state index in [1.54, 1.807) is 6.33 Å². The lowest BCUT2D eigenvalue weighted by Crippen LogP contribution is -1.99. The van der Waals surface area contributed by atoms with Crippen LogP contribution < -0.4 is 5.32 Å². The Bertz CT molecular complexity index is 1030. The number of hydrogen-bond acceptors (Lipinski definition) is 4. The highest BCUT2D eigenvalue weighted by Crippen LogP contribution is 2.25. The lowest BCUT2D eigenvalue weighted by molar-refractivity contribution is 0.795. The minimum atomic E-state index is 0.764. The summed E-state index contributed by atoms with van der Waals surface area (Å²) in [6, 6.07) is 16.8. The van der Waals surface area contributed by atoms with E-state index >= 15 is 0 Å². The highest BCUT2D eigenvalue weighted by molar-refractivity contribution is 5.89. The second-order valence-corrected chi connectivity index (χ2v) is 6.78. The van der Waals surface area contributed by atoms with Crippen molar-refractivity contribution in [3.05, 3.63) is 72.2 Å². The molecule has 0 bridgehead atoms. The van der Waals surface area contributed by atoms with Gasteiger partial charge in [0.05, 0.1) is 17.3 Å². The van der Waals surface area contributed by atoms with E-state index in [4.69, 9.17) is 0 Å². The topological polar surface area (TPSA) is 55.6 Å². The standard InChI is InChI=1S/C22H23N5/c1-3-4-5-17-8-10-18(11-9-17)26-21-20-14-25-27(22(20)24-15-23-21)19-12-6-16(2)7-13-19/h6-15H,3-5H2,1-2H3,(H,23,24,26). The zero-order valence-electron chi connectivity index (χ0n) is 15.7. The molecule has 0 unspecified atom stereocenters. The van der Waals surface area contributed by atoms with E-state index in [1.165, 1.54) is 24.0 Å². The van der Waals surface area contributed by atoms with Gasteiger partial charge in [-0.25, -0.2) is 14.6 Å². The van der Waals surface area contributed by atoms with Crippen molar-refractivity contribution in [3.8, 4) is 5.69 Å². The van der Waals surface area contributed by atoms with Crippen molar-refractivity contribution in [2.45, 2.75) is 33.1 Å². The molecule has 2 heterocycles. The molecule has 1 N–H and O–H groups in total. The van der Waals surface area contributed by atoms with Crippen LogP contribution in [0.25, 0.3) is 16.7 Å². The lowest BCUT2D eigenvalue weighted by atomic mass is 10.1. The van der Waals surface area contributed by atoms with E-state index in [0.717, 1.165) is 34.6 Å². The number of aromatic nitrogens is 4. The van der Waals surface area contributed by atoms with Crippen LogP contribution in [0.15, 0.2) is 61.1 Å². The number of anilines is 2. The van der Waals surface area contributed by atoms with Crippen molar-refractivity contribution < 1.29 is 0 Å². The van der Waals surface area contributed by atoms with Gasteiger partial charge in [-0.2, -0.15) is 5.10 Å². The van der Waals surface area contributed by atoms with Crippen LogP contribution in [0.3, 0.4) is 0 Å². The second kappa shape index (κ2) is 7.58. The van der Waals surface area contributed by atoms with Crippen molar-refractivity contribution >= 4 is 22.5 Å². The predicted octanol–water partition coefficient (Wildman–Crippen LogP) is 5.21. The number of nitrogens with one attached hydrogen (secondary N) is 1. The van der Waals surface area contributed by atoms with Gasteiger partial charge < -0.3 is 5.32 Å². The third kappa shape index (κ3) is 3.67. The van der Waals surface area contributed by atoms with Gasteiger partial charge in [-0.05, 0) is 49.6 Å². The molecule has 0 aliphatic carbocycles. The Balaban J connectivity index is 1.62. The molecule has 0 spiro atoms. The van der Waals surface area contributed by atoms with Gasteiger partial charge in [-0.1, -0.05) is 43.2 Å². The van der Waals surface area contributed by atoms with Crippen molar-refractivity contribution in [3.63, 3.8) is 0 Å². The van der Waals surface area contributed by atoms with Gasteiger partial charge in [-0.15, -0.1) is 0 Å². The summed E-state index contributed by atoms with van der Waals surface area (Å²) in [4.78, 5) is 8.86. The Morgan fingerprint density at radius 1 is 0.963 bits per heavy atom. The second-order valence-electron chi connectivity index (χ2n) is 6.78. The Morgan fingerprint density at radius 3 is 2.48 bits per heavy atom. The molecular formula is C22H23N5. The zero-order valence-corrected chi connectivity index (χ0v) is 15.7. The molecule has 2 aromatic carbocycles. The fourth-order valence-electron chi connectivity index (χ4n) is 3.09. The Morgan fingerprint density at radius 2 is 1.74 bits per heavy atom. The summed E-state index contributed by atoms with van der Waals surface area (Å²) >= 11 is 0. The van der Waals surface area contributed by atoms with Gasteiger partial charge in [-0.3, -0.25) is 0 Å². The summed E-state index contributed by atoms with van der Waals surface area (Å²) in [5.41, 5.74) is 5.37. The van der Waals surface area contributed by atoms with E-state index in [9.17, 15) is 0 Å². The Labute approximate surface area is 159 Å². The molecule has 0 amide bonds. The fourth-order valence-corrected chi connectivity index (χ4v) is 3.09. The molecule has 5 heteroatoms. The molecule has 0 aliphatic heterocycles. The molecular weight excluding hydrogens is 334 g/mol. The largest absolute Gasteiger partial charge is 0.340 e. The Kier molecular flexibility index (Phi) is 4.83. The third-order valence-electron chi connectivity index (χ3n) is 4.68. The smallest absolute Gasteiger partial charge is 0.168 e. The zero-order chi connectivity index (χ0) is 18.6. The quantitative estimate of drug-likeness (QED) is 0.515. The van der Waals surface area contributed by atoms with E-state index in [-0.39, 0.29) is 0 Å². The van der Waals surface area contributed by atoms with Crippen LogP contribution in [0, 0.1) is 6.92 Å². The van der Waals surface area contributed by atoms with Crippen LogP contribution in [0.4, 0.5) is 11.5 Å². The van der Waals surface area contributed by atoms with Crippen LogP contribution in [0.1, 0.15) is 30.9 Å². The van der Waals surface area contributed by atoms with E-state index in [1.807, 2.05) is 23.0 Å². The number of hydrogen-bond donors (Lipinski definition) is 1. The van der Waals surface area contributed by atoms with Crippen molar-refractivity contribution in [1.82, 2.24) is 19.7 Å². The summed E-state index contributed by atoms with van der Waals surface area (Å²) in [5, 5.41) is 8.82. The first-order valence-corrected chi connectivity index (χ1v) is 9.36. The predicted molar refractivity (Wildman–Crippen MR) is 110 cm³/mol. The van der Waals surface area contributed by atoms with Gasteiger partial charge in [0, 0.05) is 5.69 Å². The normalized spacial score (nSPS) is 11.0. The number of benzene rings is 2. The maximum atomic E-state index is 4.52. The lowest BCUT2D eigenvalue weighted by Gasteiger charge is -2.08. The number of aryl methyl sites for hydroxylation is 2. The molecule has 5 nitrogen and oxygen atoms in total. The van der Waals surface area contributed by atoms with Crippen LogP contribution in [-0.4, -0.2) is 19.7 Å². The minimum Gasteiger partial charge on any atom is -0.340 e. The molecule has 4 aromatic rings.